The van der Waals surface area contributed by atoms with Crippen LogP contribution in [0.5, 0.6) is 0 Å². The highest BCUT2D eigenvalue weighted by atomic mass is 16.5. The molecular weight excluding hydrogens is 202 g/mol. The van der Waals surface area contributed by atoms with E-state index >= 15 is 0 Å². The zero-order valence-electron chi connectivity index (χ0n) is 11.6. The van der Waals surface area contributed by atoms with E-state index in [0.29, 0.717) is 13.0 Å². The van der Waals surface area contributed by atoms with Crippen molar-refractivity contribution < 1.29 is 9.53 Å². The van der Waals surface area contributed by atoms with Gasteiger partial charge in [0.2, 0.25) is 0 Å². The SMILES string of the molecule is CC(C)(C)CCOC(=O)CC(N)C(C)(C)C. The van der Waals surface area contributed by atoms with Gasteiger partial charge in [0.25, 0.3) is 0 Å². The van der Waals surface area contributed by atoms with Gasteiger partial charge in [0.1, 0.15) is 0 Å². The van der Waals surface area contributed by atoms with E-state index in [9.17, 15) is 4.79 Å². The van der Waals surface area contributed by atoms with Crippen molar-refractivity contribution >= 4 is 5.97 Å². The minimum absolute atomic E-state index is 0.0525. The molecule has 0 bridgehead atoms. The molecule has 0 aromatic heterocycles. The zero-order valence-corrected chi connectivity index (χ0v) is 11.6. The molecule has 0 radical (unpaired) electrons. The third-order valence-electron chi connectivity index (χ3n) is 2.61. The number of hydrogen-bond donors (Lipinski definition) is 1. The van der Waals surface area contributed by atoms with E-state index in [0.717, 1.165) is 6.42 Å². The molecule has 0 saturated carbocycles. The molecule has 0 spiro atoms. The van der Waals surface area contributed by atoms with E-state index in [-0.39, 0.29) is 22.8 Å². The molecule has 0 saturated heterocycles. The second kappa shape index (κ2) is 5.67. The minimum Gasteiger partial charge on any atom is -0.466 e. The first-order chi connectivity index (χ1) is 7.02. The van der Waals surface area contributed by atoms with E-state index in [1.54, 1.807) is 0 Å². The summed E-state index contributed by atoms with van der Waals surface area (Å²) in [5.41, 5.74) is 6.06. The molecule has 0 rings (SSSR count). The maximum Gasteiger partial charge on any atom is 0.307 e. The van der Waals surface area contributed by atoms with Crippen LogP contribution in [0.1, 0.15) is 54.4 Å². The first-order valence-corrected chi connectivity index (χ1v) is 5.93. The van der Waals surface area contributed by atoms with E-state index < -0.39 is 0 Å². The smallest absolute Gasteiger partial charge is 0.307 e. The molecule has 3 nitrogen and oxygen atoms in total. The standard InChI is InChI=1S/C13H27NO2/c1-12(2,3)7-8-16-11(15)9-10(14)13(4,5)6/h10H,7-9,14H2,1-6H3. The Morgan fingerprint density at radius 3 is 2.06 bits per heavy atom. The van der Waals surface area contributed by atoms with Gasteiger partial charge in [-0.25, -0.2) is 0 Å². The first-order valence-electron chi connectivity index (χ1n) is 5.93. The molecule has 2 N–H and O–H groups in total. The van der Waals surface area contributed by atoms with Crippen molar-refractivity contribution in [3.8, 4) is 0 Å². The third kappa shape index (κ3) is 7.69. The summed E-state index contributed by atoms with van der Waals surface area (Å²) in [6, 6.07) is -0.144. The summed E-state index contributed by atoms with van der Waals surface area (Å²) < 4.78 is 5.16. The van der Waals surface area contributed by atoms with Crippen LogP contribution in [0.4, 0.5) is 0 Å². The summed E-state index contributed by atoms with van der Waals surface area (Å²) in [5.74, 6) is -0.188. The summed E-state index contributed by atoms with van der Waals surface area (Å²) >= 11 is 0. The number of carbonyl (C=O) groups is 1. The average molecular weight is 229 g/mol. The zero-order chi connectivity index (χ0) is 13.0. The van der Waals surface area contributed by atoms with Gasteiger partial charge in [-0.2, -0.15) is 0 Å². The Kier molecular flexibility index (Phi) is 5.47. The Labute approximate surface area is 99.7 Å². The lowest BCUT2D eigenvalue weighted by Crippen LogP contribution is -2.37. The molecule has 0 amide bonds. The van der Waals surface area contributed by atoms with Gasteiger partial charge < -0.3 is 10.5 Å². The molecule has 0 aromatic rings. The molecule has 0 heterocycles. The normalized spacial score (nSPS) is 14.7. The lowest BCUT2D eigenvalue weighted by molar-refractivity contribution is -0.145. The van der Waals surface area contributed by atoms with Crippen LogP contribution < -0.4 is 5.73 Å². The van der Waals surface area contributed by atoms with Crippen molar-refractivity contribution in [2.24, 2.45) is 16.6 Å². The lowest BCUT2D eigenvalue weighted by Gasteiger charge is -2.26. The van der Waals surface area contributed by atoms with Crippen molar-refractivity contribution in [2.75, 3.05) is 6.61 Å². The number of rotatable bonds is 4. The highest BCUT2D eigenvalue weighted by Crippen LogP contribution is 2.21. The highest BCUT2D eigenvalue weighted by Gasteiger charge is 2.24. The minimum atomic E-state index is -0.188. The van der Waals surface area contributed by atoms with Crippen LogP contribution in [0.3, 0.4) is 0 Å². The predicted molar refractivity (Wildman–Crippen MR) is 67.1 cm³/mol. The van der Waals surface area contributed by atoms with Crippen LogP contribution in [0.2, 0.25) is 0 Å². The fourth-order valence-corrected chi connectivity index (χ4v) is 1.02. The number of ether oxygens (including phenoxy) is 1. The Balaban J connectivity index is 3.84. The molecule has 1 atom stereocenters. The number of hydrogen-bond acceptors (Lipinski definition) is 3. The van der Waals surface area contributed by atoms with E-state index in [1.165, 1.54) is 0 Å². The van der Waals surface area contributed by atoms with Crippen molar-refractivity contribution in [2.45, 2.75) is 60.4 Å². The molecule has 0 aliphatic rings. The Morgan fingerprint density at radius 1 is 1.19 bits per heavy atom. The predicted octanol–water partition coefficient (Wildman–Crippen LogP) is 2.73. The van der Waals surface area contributed by atoms with Crippen molar-refractivity contribution in [1.82, 2.24) is 0 Å². The number of carbonyl (C=O) groups excluding carboxylic acids is 1. The molecule has 0 aliphatic carbocycles. The van der Waals surface area contributed by atoms with Gasteiger partial charge in [0.15, 0.2) is 0 Å². The largest absolute Gasteiger partial charge is 0.466 e. The van der Waals surface area contributed by atoms with Crippen LogP contribution in [0.25, 0.3) is 0 Å². The van der Waals surface area contributed by atoms with Gasteiger partial charge in [-0.15, -0.1) is 0 Å². The van der Waals surface area contributed by atoms with Crippen molar-refractivity contribution in [3.63, 3.8) is 0 Å². The summed E-state index contributed by atoms with van der Waals surface area (Å²) in [5, 5.41) is 0. The second-order valence-corrected chi connectivity index (χ2v) is 6.71. The van der Waals surface area contributed by atoms with Crippen LogP contribution in [0, 0.1) is 10.8 Å². The van der Waals surface area contributed by atoms with Crippen LogP contribution >= 0.6 is 0 Å². The Morgan fingerprint density at radius 2 is 1.69 bits per heavy atom. The third-order valence-corrected chi connectivity index (χ3v) is 2.61. The molecule has 1 unspecified atom stereocenters. The summed E-state index contributed by atoms with van der Waals surface area (Å²) in [7, 11) is 0. The second-order valence-electron chi connectivity index (χ2n) is 6.71. The summed E-state index contributed by atoms with van der Waals surface area (Å²) in [6.45, 7) is 12.9. The summed E-state index contributed by atoms with van der Waals surface area (Å²) in [6.07, 6.45) is 1.18. The molecular formula is C13H27NO2. The van der Waals surface area contributed by atoms with Crippen molar-refractivity contribution in [3.05, 3.63) is 0 Å². The van der Waals surface area contributed by atoms with E-state index in [4.69, 9.17) is 10.5 Å². The fraction of sp³-hybridized carbons (Fsp3) is 0.923. The average Bonchev–Trinajstić information content (AvgIpc) is 1.99. The van der Waals surface area contributed by atoms with Gasteiger partial charge >= 0.3 is 5.97 Å². The van der Waals surface area contributed by atoms with Gasteiger partial charge in [0, 0.05) is 6.04 Å². The van der Waals surface area contributed by atoms with Crippen LogP contribution in [0.15, 0.2) is 0 Å². The molecule has 0 fully saturated rings. The van der Waals surface area contributed by atoms with Gasteiger partial charge in [-0.1, -0.05) is 41.5 Å². The molecule has 16 heavy (non-hydrogen) atoms. The molecule has 96 valence electrons. The van der Waals surface area contributed by atoms with E-state index in [1.807, 2.05) is 20.8 Å². The monoisotopic (exact) mass is 229 g/mol. The topological polar surface area (TPSA) is 52.3 Å². The maximum absolute atomic E-state index is 11.5. The Bertz CT molecular complexity index is 223. The quantitative estimate of drug-likeness (QED) is 0.754. The van der Waals surface area contributed by atoms with E-state index in [2.05, 4.69) is 20.8 Å². The maximum atomic E-state index is 11.5. The van der Waals surface area contributed by atoms with Crippen LogP contribution in [-0.4, -0.2) is 18.6 Å². The van der Waals surface area contributed by atoms with Crippen molar-refractivity contribution in [1.29, 1.82) is 0 Å². The number of esters is 1. The van der Waals surface area contributed by atoms with Gasteiger partial charge in [0.05, 0.1) is 13.0 Å². The lowest BCUT2D eigenvalue weighted by atomic mass is 9.85. The van der Waals surface area contributed by atoms with Crippen LogP contribution in [-0.2, 0) is 9.53 Å². The summed E-state index contributed by atoms with van der Waals surface area (Å²) in [4.78, 5) is 11.5. The molecule has 3 heteroatoms. The van der Waals surface area contributed by atoms with Gasteiger partial charge in [-0.05, 0) is 17.3 Å². The molecule has 0 aliphatic heterocycles. The Hall–Kier alpha value is -0.570. The highest BCUT2D eigenvalue weighted by molar-refractivity contribution is 5.70. The number of nitrogens with two attached hydrogens (primary N) is 1. The van der Waals surface area contributed by atoms with Gasteiger partial charge in [-0.3, -0.25) is 4.79 Å². The first kappa shape index (κ1) is 15.4. The molecule has 0 aromatic carbocycles. The fourth-order valence-electron chi connectivity index (χ4n) is 1.02.